The highest BCUT2D eigenvalue weighted by atomic mass is 35.5. The van der Waals surface area contributed by atoms with E-state index in [2.05, 4.69) is 67.0 Å². The number of hydrogen-bond acceptors (Lipinski definition) is 2. The third-order valence-corrected chi connectivity index (χ3v) is 5.81. The Kier molecular flexibility index (Phi) is 7.28. The van der Waals surface area contributed by atoms with E-state index in [0.29, 0.717) is 12.5 Å². The molecule has 0 aliphatic rings. The van der Waals surface area contributed by atoms with E-state index < -0.39 is 0 Å². The lowest BCUT2D eigenvalue weighted by atomic mass is 10.0. The molecule has 32 heavy (non-hydrogen) atoms. The Balaban J connectivity index is 1.42. The number of fused-ring (bicyclic) bond motifs is 1. The third-order valence-electron chi connectivity index (χ3n) is 5.55. The van der Waals surface area contributed by atoms with Crippen molar-refractivity contribution in [3.63, 3.8) is 0 Å². The van der Waals surface area contributed by atoms with Gasteiger partial charge >= 0.3 is 0 Å². The molecule has 1 aromatic heterocycles. The predicted molar refractivity (Wildman–Crippen MR) is 135 cm³/mol. The number of nitrogens with zero attached hydrogens (tertiary/aromatic N) is 2. The van der Waals surface area contributed by atoms with E-state index in [0.717, 1.165) is 52.6 Å². The second-order valence-corrected chi connectivity index (χ2v) is 8.68. The second kappa shape index (κ2) is 10.5. The molecule has 0 aliphatic carbocycles. The van der Waals surface area contributed by atoms with Gasteiger partial charge in [0.25, 0.3) is 0 Å². The van der Waals surface area contributed by atoms with Crippen LogP contribution in [0.1, 0.15) is 49.6 Å². The lowest BCUT2D eigenvalue weighted by molar-refractivity contribution is 0.299. The van der Waals surface area contributed by atoms with E-state index in [9.17, 15) is 0 Å². The number of imidazole rings is 1. The largest absolute Gasteiger partial charge is 0.493 e. The van der Waals surface area contributed by atoms with E-state index in [1.54, 1.807) is 0 Å². The van der Waals surface area contributed by atoms with Gasteiger partial charge in [-0.05, 0) is 66.3 Å². The quantitative estimate of drug-likeness (QED) is 0.246. The zero-order valence-electron chi connectivity index (χ0n) is 18.7. The fourth-order valence-corrected chi connectivity index (χ4v) is 3.97. The third kappa shape index (κ3) is 5.41. The van der Waals surface area contributed by atoms with Crippen molar-refractivity contribution in [2.45, 2.75) is 39.2 Å². The molecule has 3 aromatic carbocycles. The smallest absolute Gasteiger partial charge is 0.133 e. The van der Waals surface area contributed by atoms with Gasteiger partial charge in [0.15, 0.2) is 0 Å². The molecule has 164 valence electrons. The molecule has 0 radical (unpaired) electrons. The van der Waals surface area contributed by atoms with Gasteiger partial charge in [-0.15, -0.1) is 0 Å². The highest BCUT2D eigenvalue weighted by Crippen LogP contribution is 2.26. The SMILES string of the molecule is CC(C)c1ccccc1OCCCCn1c(/C=C/c2ccc(Cl)cc2)nc2ccccc21. The molecule has 0 fully saturated rings. The Morgan fingerprint density at radius 2 is 1.66 bits per heavy atom. The van der Waals surface area contributed by atoms with E-state index in [-0.39, 0.29) is 0 Å². The van der Waals surface area contributed by atoms with Crippen molar-refractivity contribution in [2.75, 3.05) is 6.61 Å². The van der Waals surface area contributed by atoms with Crippen LogP contribution in [0.25, 0.3) is 23.2 Å². The van der Waals surface area contributed by atoms with Crippen LogP contribution in [0.15, 0.2) is 72.8 Å². The molecular weight excluding hydrogens is 416 g/mol. The number of aryl methyl sites for hydroxylation is 1. The monoisotopic (exact) mass is 444 g/mol. The first-order chi connectivity index (χ1) is 15.6. The first kappa shape index (κ1) is 22.2. The van der Waals surface area contributed by atoms with Gasteiger partial charge in [-0.1, -0.05) is 74.0 Å². The van der Waals surface area contributed by atoms with Crippen LogP contribution in [-0.2, 0) is 6.54 Å². The van der Waals surface area contributed by atoms with Crippen LogP contribution in [0.3, 0.4) is 0 Å². The number of para-hydroxylation sites is 3. The van der Waals surface area contributed by atoms with Crippen LogP contribution < -0.4 is 4.74 Å². The Labute approximate surface area is 195 Å². The summed E-state index contributed by atoms with van der Waals surface area (Å²) in [6.45, 7) is 6.01. The number of rotatable bonds is 9. The number of benzene rings is 3. The highest BCUT2D eigenvalue weighted by molar-refractivity contribution is 6.30. The molecule has 0 saturated heterocycles. The standard InChI is InChI=1S/C28H29ClN2O/c1-21(2)24-9-3-6-12-27(24)32-20-8-7-19-31-26-11-5-4-10-25(26)30-28(31)18-15-22-13-16-23(29)17-14-22/h3-6,9-18,21H,7-8,19-20H2,1-2H3/b18-15+. The summed E-state index contributed by atoms with van der Waals surface area (Å²) in [7, 11) is 0. The van der Waals surface area contributed by atoms with Crippen molar-refractivity contribution in [1.29, 1.82) is 0 Å². The normalized spacial score (nSPS) is 11.6. The summed E-state index contributed by atoms with van der Waals surface area (Å²) in [4.78, 5) is 4.84. The number of hydrogen-bond donors (Lipinski definition) is 0. The highest BCUT2D eigenvalue weighted by Gasteiger charge is 2.09. The average molecular weight is 445 g/mol. The predicted octanol–water partition coefficient (Wildman–Crippen LogP) is 7.84. The first-order valence-electron chi connectivity index (χ1n) is 11.2. The molecule has 0 bridgehead atoms. The maximum absolute atomic E-state index is 6.10. The Morgan fingerprint density at radius 3 is 2.47 bits per heavy atom. The maximum atomic E-state index is 6.10. The van der Waals surface area contributed by atoms with Crippen LogP contribution in [-0.4, -0.2) is 16.2 Å². The van der Waals surface area contributed by atoms with Crippen molar-refractivity contribution in [3.8, 4) is 5.75 Å². The number of halogens is 1. The van der Waals surface area contributed by atoms with Crippen molar-refractivity contribution >= 4 is 34.8 Å². The minimum atomic E-state index is 0.457. The Hall–Kier alpha value is -3.04. The molecule has 0 unspecified atom stereocenters. The molecule has 0 saturated carbocycles. The fraction of sp³-hybridized carbons (Fsp3) is 0.250. The first-order valence-corrected chi connectivity index (χ1v) is 11.6. The van der Waals surface area contributed by atoms with Gasteiger partial charge in [-0.2, -0.15) is 0 Å². The Morgan fingerprint density at radius 1 is 0.906 bits per heavy atom. The number of ether oxygens (including phenoxy) is 1. The molecular formula is C28H29ClN2O. The topological polar surface area (TPSA) is 27.1 Å². The van der Waals surface area contributed by atoms with Gasteiger partial charge < -0.3 is 9.30 Å². The molecule has 0 spiro atoms. The Bertz CT molecular complexity index is 1190. The maximum Gasteiger partial charge on any atom is 0.133 e. The lowest BCUT2D eigenvalue weighted by Crippen LogP contribution is -2.05. The summed E-state index contributed by atoms with van der Waals surface area (Å²) >= 11 is 6.00. The van der Waals surface area contributed by atoms with E-state index in [1.165, 1.54) is 5.56 Å². The summed E-state index contributed by atoms with van der Waals surface area (Å²) in [5, 5.41) is 0.743. The zero-order chi connectivity index (χ0) is 22.3. The molecule has 0 N–H and O–H groups in total. The van der Waals surface area contributed by atoms with Crippen molar-refractivity contribution < 1.29 is 4.74 Å². The average Bonchev–Trinajstić information content (AvgIpc) is 3.16. The summed E-state index contributed by atoms with van der Waals surface area (Å²) < 4.78 is 8.40. The molecule has 0 aliphatic heterocycles. The minimum absolute atomic E-state index is 0.457. The summed E-state index contributed by atoms with van der Waals surface area (Å²) in [6, 6.07) is 24.5. The molecule has 0 atom stereocenters. The fourth-order valence-electron chi connectivity index (χ4n) is 3.84. The van der Waals surface area contributed by atoms with Crippen LogP contribution in [0, 0.1) is 0 Å². The number of aromatic nitrogens is 2. The van der Waals surface area contributed by atoms with Gasteiger partial charge in [0, 0.05) is 11.6 Å². The minimum Gasteiger partial charge on any atom is -0.493 e. The van der Waals surface area contributed by atoms with Crippen molar-refractivity contribution in [2.24, 2.45) is 0 Å². The number of unbranched alkanes of at least 4 members (excludes halogenated alkanes) is 1. The molecule has 4 aromatic rings. The van der Waals surface area contributed by atoms with Gasteiger partial charge in [0.05, 0.1) is 17.6 Å². The zero-order valence-corrected chi connectivity index (χ0v) is 19.4. The molecule has 3 nitrogen and oxygen atoms in total. The van der Waals surface area contributed by atoms with Gasteiger partial charge in [0.1, 0.15) is 11.6 Å². The summed E-state index contributed by atoms with van der Waals surface area (Å²) in [5.41, 5.74) is 4.55. The molecule has 4 rings (SSSR count). The van der Waals surface area contributed by atoms with Crippen molar-refractivity contribution in [3.05, 3.63) is 94.8 Å². The van der Waals surface area contributed by atoms with Gasteiger partial charge in [-0.25, -0.2) is 4.98 Å². The summed E-state index contributed by atoms with van der Waals surface area (Å²) in [5.74, 6) is 2.42. The van der Waals surface area contributed by atoms with Gasteiger partial charge in [-0.3, -0.25) is 0 Å². The van der Waals surface area contributed by atoms with Crippen LogP contribution in [0.5, 0.6) is 5.75 Å². The second-order valence-electron chi connectivity index (χ2n) is 8.24. The van der Waals surface area contributed by atoms with Crippen molar-refractivity contribution in [1.82, 2.24) is 9.55 Å². The van der Waals surface area contributed by atoms with Crippen LogP contribution in [0.2, 0.25) is 5.02 Å². The lowest BCUT2D eigenvalue weighted by Gasteiger charge is -2.14. The van der Waals surface area contributed by atoms with E-state index in [4.69, 9.17) is 21.3 Å². The van der Waals surface area contributed by atoms with Crippen LogP contribution >= 0.6 is 11.6 Å². The van der Waals surface area contributed by atoms with E-state index >= 15 is 0 Å². The molecule has 0 amide bonds. The molecule has 4 heteroatoms. The summed E-state index contributed by atoms with van der Waals surface area (Å²) in [6.07, 6.45) is 6.17. The van der Waals surface area contributed by atoms with Crippen LogP contribution in [0.4, 0.5) is 0 Å². The van der Waals surface area contributed by atoms with Gasteiger partial charge in [0.2, 0.25) is 0 Å². The van der Waals surface area contributed by atoms with E-state index in [1.807, 2.05) is 36.4 Å². The molecule has 1 heterocycles.